The Morgan fingerprint density at radius 2 is 1.47 bits per heavy atom. The fraction of sp³-hybridized carbons (Fsp3) is 0.645. The molecule has 0 aromatic heterocycles. The van der Waals surface area contributed by atoms with E-state index in [0.29, 0.717) is 24.2 Å². The molecule has 1 aromatic carbocycles. The molecule has 0 aliphatic carbocycles. The predicted octanol–water partition coefficient (Wildman–Crippen LogP) is 6.78. The van der Waals surface area contributed by atoms with Gasteiger partial charge in [-0.2, -0.15) is 0 Å². The van der Waals surface area contributed by atoms with Crippen LogP contribution in [0.2, 0.25) is 0 Å². The number of carbonyl (C=O) groups is 3. The summed E-state index contributed by atoms with van der Waals surface area (Å²) in [6.45, 7) is 8.29. The number of carbonyl (C=O) groups excluding carboxylic acids is 3. The molecule has 1 aliphatic rings. The fourth-order valence-corrected chi connectivity index (χ4v) is 5.07. The maximum Gasteiger partial charge on any atom is 0.335 e. The number of rotatable bonds is 17. The Morgan fingerprint density at radius 3 is 2.05 bits per heavy atom. The number of Topliss-reactive ketones (excluding diaryl/α,β-unsaturated/α-hetero) is 1. The molecule has 1 atom stereocenters. The minimum atomic E-state index is -1.48. The van der Waals surface area contributed by atoms with Gasteiger partial charge in [0.2, 0.25) is 0 Å². The molecule has 212 valence electrons. The van der Waals surface area contributed by atoms with Gasteiger partial charge in [0.15, 0.2) is 5.78 Å². The van der Waals surface area contributed by atoms with Crippen LogP contribution in [0.25, 0.3) is 0 Å². The lowest BCUT2D eigenvalue weighted by molar-refractivity contribution is -0.160. The van der Waals surface area contributed by atoms with E-state index in [1.54, 1.807) is 21.0 Å². The largest absolute Gasteiger partial charge is 0.497 e. The van der Waals surface area contributed by atoms with Gasteiger partial charge in [-0.25, -0.2) is 4.79 Å². The molecule has 0 amide bonds. The van der Waals surface area contributed by atoms with Crippen molar-refractivity contribution in [3.8, 4) is 5.75 Å². The molecule has 1 aliphatic heterocycles. The van der Waals surface area contributed by atoms with Crippen molar-refractivity contribution in [3.63, 3.8) is 0 Å². The molecule has 0 N–H and O–H groups in total. The number of methoxy groups -OCH3 is 1. The molecular formula is C31H47NO6. The molecule has 0 spiro atoms. The molecule has 38 heavy (non-hydrogen) atoms. The third-order valence-electron chi connectivity index (χ3n) is 7.21. The summed E-state index contributed by atoms with van der Waals surface area (Å²) < 4.78 is 16.3. The topological polar surface area (TPSA) is 82.1 Å². The van der Waals surface area contributed by atoms with Gasteiger partial charge in [-0.05, 0) is 57.4 Å². The highest BCUT2D eigenvalue weighted by Crippen LogP contribution is 2.43. The zero-order valence-electron chi connectivity index (χ0n) is 24.1. The second-order valence-corrected chi connectivity index (χ2v) is 9.95. The van der Waals surface area contributed by atoms with Crippen LogP contribution in [-0.2, 0) is 23.9 Å². The van der Waals surface area contributed by atoms with Crippen LogP contribution in [-0.4, -0.2) is 44.6 Å². The number of anilines is 1. The van der Waals surface area contributed by atoms with Crippen molar-refractivity contribution in [2.45, 2.75) is 98.3 Å². The monoisotopic (exact) mass is 529 g/mol. The van der Waals surface area contributed by atoms with E-state index in [4.69, 9.17) is 14.2 Å². The lowest BCUT2D eigenvalue weighted by Gasteiger charge is -2.43. The lowest BCUT2D eigenvalue weighted by Crippen LogP contribution is -2.53. The summed E-state index contributed by atoms with van der Waals surface area (Å²) in [4.78, 5) is 42.8. The van der Waals surface area contributed by atoms with Crippen molar-refractivity contribution in [1.29, 1.82) is 0 Å². The third kappa shape index (κ3) is 8.08. The van der Waals surface area contributed by atoms with Crippen LogP contribution in [0.1, 0.15) is 98.3 Å². The molecule has 0 radical (unpaired) electrons. The minimum absolute atomic E-state index is 0.00699. The van der Waals surface area contributed by atoms with Crippen molar-refractivity contribution >= 4 is 23.4 Å². The van der Waals surface area contributed by atoms with Gasteiger partial charge >= 0.3 is 11.9 Å². The number of nitrogens with zero attached hydrogens (tertiary/aromatic N) is 1. The first-order valence-electron chi connectivity index (χ1n) is 14.4. The number of benzene rings is 1. The van der Waals surface area contributed by atoms with Gasteiger partial charge < -0.3 is 19.1 Å². The average molecular weight is 530 g/mol. The highest BCUT2D eigenvalue weighted by atomic mass is 16.5. The van der Waals surface area contributed by atoms with Gasteiger partial charge in [0.05, 0.1) is 25.9 Å². The Morgan fingerprint density at radius 1 is 0.842 bits per heavy atom. The Labute approximate surface area is 228 Å². The maximum absolute atomic E-state index is 13.9. The summed E-state index contributed by atoms with van der Waals surface area (Å²) >= 11 is 0. The van der Waals surface area contributed by atoms with E-state index in [9.17, 15) is 14.4 Å². The molecule has 0 saturated heterocycles. The zero-order chi connectivity index (χ0) is 28.0. The third-order valence-corrected chi connectivity index (χ3v) is 7.21. The number of allylic oxidation sites excluding steroid dienone is 1. The predicted molar refractivity (Wildman–Crippen MR) is 150 cm³/mol. The number of ketones is 1. The van der Waals surface area contributed by atoms with Gasteiger partial charge in [0.1, 0.15) is 11.2 Å². The van der Waals surface area contributed by atoms with Gasteiger partial charge in [-0.15, -0.1) is 0 Å². The fourth-order valence-electron chi connectivity index (χ4n) is 5.07. The lowest BCUT2D eigenvalue weighted by atomic mass is 9.72. The van der Waals surface area contributed by atoms with Crippen LogP contribution in [0.15, 0.2) is 35.5 Å². The Bertz CT molecular complexity index is 938. The Hall–Kier alpha value is -2.83. The van der Waals surface area contributed by atoms with Crippen LogP contribution in [0.3, 0.4) is 0 Å². The maximum atomic E-state index is 13.9. The first-order chi connectivity index (χ1) is 18.4. The highest BCUT2D eigenvalue weighted by molar-refractivity contribution is 6.07. The van der Waals surface area contributed by atoms with Crippen LogP contribution in [0.4, 0.5) is 5.69 Å². The zero-order valence-corrected chi connectivity index (χ0v) is 24.1. The van der Waals surface area contributed by atoms with Crippen molar-refractivity contribution in [3.05, 3.63) is 35.5 Å². The Balaban J connectivity index is 2.64. The second kappa shape index (κ2) is 16.2. The van der Waals surface area contributed by atoms with Crippen LogP contribution in [0.5, 0.6) is 5.75 Å². The molecule has 2 rings (SSSR count). The summed E-state index contributed by atoms with van der Waals surface area (Å²) in [5, 5.41) is 0. The first-order valence-corrected chi connectivity index (χ1v) is 14.4. The molecule has 7 nitrogen and oxygen atoms in total. The molecule has 1 aromatic rings. The summed E-state index contributed by atoms with van der Waals surface area (Å²) in [5.41, 5.74) is 0.547. The van der Waals surface area contributed by atoms with E-state index in [1.807, 2.05) is 29.2 Å². The number of hydrogen-bond donors (Lipinski definition) is 0. The summed E-state index contributed by atoms with van der Waals surface area (Å²) in [6.07, 6.45) is 8.80. The van der Waals surface area contributed by atoms with Crippen molar-refractivity contribution < 1.29 is 28.6 Å². The molecule has 1 unspecified atom stereocenters. The van der Waals surface area contributed by atoms with Gasteiger partial charge in [-0.1, -0.05) is 52.4 Å². The first kappa shape index (κ1) is 31.4. The number of unbranched alkanes of at least 4 members (excludes halogenated alkanes) is 6. The van der Waals surface area contributed by atoms with Crippen molar-refractivity contribution in [1.82, 2.24) is 0 Å². The van der Waals surface area contributed by atoms with E-state index in [-0.39, 0.29) is 38.4 Å². The van der Waals surface area contributed by atoms with Gasteiger partial charge in [-0.3, -0.25) is 9.59 Å². The molecule has 0 bridgehead atoms. The smallest absolute Gasteiger partial charge is 0.335 e. The van der Waals surface area contributed by atoms with Crippen LogP contribution in [0, 0.1) is 5.41 Å². The minimum Gasteiger partial charge on any atom is -0.497 e. The van der Waals surface area contributed by atoms with Crippen LogP contribution >= 0.6 is 0 Å². The average Bonchev–Trinajstić information content (AvgIpc) is 2.93. The van der Waals surface area contributed by atoms with E-state index in [2.05, 4.69) is 13.8 Å². The van der Waals surface area contributed by atoms with Gasteiger partial charge in [0, 0.05) is 30.8 Å². The van der Waals surface area contributed by atoms with Gasteiger partial charge in [0.25, 0.3) is 0 Å². The van der Waals surface area contributed by atoms with Crippen LogP contribution < -0.4 is 9.64 Å². The molecule has 0 saturated carbocycles. The summed E-state index contributed by atoms with van der Waals surface area (Å²) in [6, 6.07) is 7.50. The van der Waals surface area contributed by atoms with Crippen molar-refractivity contribution in [2.24, 2.45) is 5.41 Å². The molecule has 1 heterocycles. The number of ether oxygens (including phenoxy) is 3. The summed E-state index contributed by atoms with van der Waals surface area (Å²) in [5.74, 6) is -0.500. The van der Waals surface area contributed by atoms with E-state index in [1.165, 1.54) is 0 Å². The standard InChI is InChI=1S/C31H47NO6/c1-6-10-12-14-16-27-26(29(34)37-8-3)22-31(30(35)38-9-4,28(33)17-15-13-11-7-2)23-32(27)24-18-20-25(36-5)21-19-24/h18-21H,6-17,22-23H2,1-5H3. The normalized spacial score (nSPS) is 17.3. The van der Waals surface area contributed by atoms with E-state index < -0.39 is 17.4 Å². The highest BCUT2D eigenvalue weighted by Gasteiger charge is 2.53. The molecule has 0 fully saturated rings. The van der Waals surface area contributed by atoms with E-state index >= 15 is 0 Å². The molecular weight excluding hydrogens is 482 g/mol. The number of esters is 2. The summed E-state index contributed by atoms with van der Waals surface area (Å²) in [7, 11) is 1.61. The SMILES string of the molecule is CCCCCCC(=O)C1(C(=O)OCC)CC(C(=O)OCC)=C(CCCCCC)N(c2ccc(OC)cc2)C1. The molecule has 7 heteroatoms. The number of hydrogen-bond acceptors (Lipinski definition) is 7. The quantitative estimate of drug-likeness (QED) is 0.125. The second-order valence-electron chi connectivity index (χ2n) is 9.95. The van der Waals surface area contributed by atoms with E-state index in [0.717, 1.165) is 56.3 Å². The van der Waals surface area contributed by atoms with Crippen molar-refractivity contribution in [2.75, 3.05) is 31.8 Å². The Kier molecular flexibility index (Phi) is 13.4.